The van der Waals surface area contributed by atoms with Gasteiger partial charge in [0.15, 0.2) is 18.2 Å². The molecule has 0 aromatic carbocycles. The highest BCUT2D eigenvalue weighted by Gasteiger charge is 2.58. The molecule has 0 aromatic heterocycles. The largest absolute Gasteiger partial charge is 0.380 e. The lowest BCUT2D eigenvalue weighted by molar-refractivity contribution is -0.235. The van der Waals surface area contributed by atoms with Crippen molar-refractivity contribution in [3.05, 3.63) is 0 Å². The van der Waals surface area contributed by atoms with Gasteiger partial charge in [0.05, 0.1) is 0 Å². The summed E-state index contributed by atoms with van der Waals surface area (Å²) in [5.74, 6) is -1.66. The van der Waals surface area contributed by atoms with Gasteiger partial charge >= 0.3 is 0 Å². The van der Waals surface area contributed by atoms with Crippen LogP contribution in [0.4, 0.5) is 0 Å². The highest BCUT2D eigenvalue weighted by atomic mass is 16.8. The maximum atomic E-state index is 11.0. The molecule has 17 heavy (non-hydrogen) atoms. The number of hydrogen-bond acceptors (Lipinski definition) is 6. The van der Waals surface area contributed by atoms with Crippen molar-refractivity contribution < 1.29 is 28.8 Å². The summed E-state index contributed by atoms with van der Waals surface area (Å²) in [4.78, 5) is 11.0. The molecule has 2 rings (SSSR count). The van der Waals surface area contributed by atoms with Gasteiger partial charge < -0.3 is 29.8 Å². The Labute approximate surface area is 98.8 Å². The number of nitrogens with two attached hydrogens (primary N) is 1. The lowest BCUT2D eigenvalue weighted by Crippen LogP contribution is -2.45. The van der Waals surface area contributed by atoms with Gasteiger partial charge in [-0.1, -0.05) is 0 Å². The van der Waals surface area contributed by atoms with Crippen LogP contribution in [0.15, 0.2) is 0 Å². The van der Waals surface area contributed by atoms with Crippen LogP contribution < -0.4 is 5.73 Å². The molecular weight excluding hydrogens is 230 g/mol. The topological polar surface area (TPSA) is 100 Å². The van der Waals surface area contributed by atoms with Gasteiger partial charge in [-0.2, -0.15) is 0 Å². The maximum absolute atomic E-state index is 11.0. The minimum atomic E-state index is -1.44. The fourth-order valence-electron chi connectivity index (χ4n) is 2.20. The van der Waals surface area contributed by atoms with Gasteiger partial charge in [-0.15, -0.1) is 0 Å². The fourth-order valence-corrected chi connectivity index (χ4v) is 2.20. The minimum Gasteiger partial charge on any atom is -0.380 e. The molecule has 1 amide bonds. The molecule has 0 aromatic rings. The van der Waals surface area contributed by atoms with Gasteiger partial charge in [0.2, 0.25) is 5.91 Å². The van der Waals surface area contributed by atoms with Crippen LogP contribution in [-0.4, -0.2) is 54.6 Å². The van der Waals surface area contributed by atoms with Crippen LogP contribution in [0.2, 0.25) is 0 Å². The summed E-state index contributed by atoms with van der Waals surface area (Å²) in [6, 6.07) is 0. The Morgan fingerprint density at radius 2 is 2.00 bits per heavy atom. The van der Waals surface area contributed by atoms with Crippen LogP contribution in [0.1, 0.15) is 13.8 Å². The SMILES string of the molecule is CO[C@H]1O[C@H]([C@H](O)C(N)=O)[C@@H]2OC(C)(C)O[C@H]12. The summed E-state index contributed by atoms with van der Waals surface area (Å²) >= 11 is 0. The number of methoxy groups -OCH3 is 1. The van der Waals surface area contributed by atoms with Crippen molar-refractivity contribution in [1.29, 1.82) is 0 Å². The summed E-state index contributed by atoms with van der Waals surface area (Å²) in [5, 5.41) is 9.67. The molecular formula is C10H17NO6. The first kappa shape index (κ1) is 12.7. The third-order valence-electron chi connectivity index (χ3n) is 2.88. The Morgan fingerprint density at radius 3 is 2.53 bits per heavy atom. The van der Waals surface area contributed by atoms with Crippen molar-refractivity contribution in [1.82, 2.24) is 0 Å². The number of rotatable bonds is 3. The summed E-state index contributed by atoms with van der Waals surface area (Å²) in [5.41, 5.74) is 5.05. The van der Waals surface area contributed by atoms with Gasteiger partial charge in [0, 0.05) is 7.11 Å². The van der Waals surface area contributed by atoms with Crippen LogP contribution in [0.5, 0.6) is 0 Å². The van der Waals surface area contributed by atoms with Crippen molar-refractivity contribution in [2.45, 2.75) is 50.3 Å². The van der Waals surface area contributed by atoms with Crippen LogP contribution >= 0.6 is 0 Å². The third-order valence-corrected chi connectivity index (χ3v) is 2.88. The Hall–Kier alpha value is -0.730. The Kier molecular flexibility index (Phi) is 3.13. The zero-order valence-electron chi connectivity index (χ0n) is 9.95. The van der Waals surface area contributed by atoms with Gasteiger partial charge in [-0.3, -0.25) is 4.79 Å². The molecule has 2 saturated heterocycles. The van der Waals surface area contributed by atoms with E-state index in [-0.39, 0.29) is 0 Å². The van der Waals surface area contributed by atoms with Crippen LogP contribution in [0.3, 0.4) is 0 Å². The molecule has 7 nitrogen and oxygen atoms in total. The van der Waals surface area contributed by atoms with Crippen LogP contribution in [0, 0.1) is 0 Å². The monoisotopic (exact) mass is 247 g/mol. The predicted octanol–water partition coefficient (Wildman–Crippen LogP) is -1.28. The molecule has 0 bridgehead atoms. The highest BCUT2D eigenvalue weighted by molar-refractivity contribution is 5.79. The molecule has 0 spiro atoms. The number of carbonyl (C=O) groups excluding carboxylic acids is 1. The van der Waals surface area contributed by atoms with E-state index in [0.29, 0.717) is 0 Å². The summed E-state index contributed by atoms with van der Waals surface area (Å²) in [6.07, 6.45) is -4.04. The summed E-state index contributed by atoms with van der Waals surface area (Å²) in [7, 11) is 1.45. The number of ether oxygens (including phenoxy) is 4. The molecule has 5 atom stereocenters. The van der Waals surface area contributed by atoms with Crippen molar-refractivity contribution in [3.8, 4) is 0 Å². The fraction of sp³-hybridized carbons (Fsp3) is 0.900. The minimum absolute atomic E-state index is 0.478. The molecule has 0 radical (unpaired) electrons. The number of aliphatic hydroxyl groups is 1. The van der Waals surface area contributed by atoms with Crippen LogP contribution in [0.25, 0.3) is 0 Å². The Morgan fingerprint density at radius 1 is 1.41 bits per heavy atom. The van der Waals surface area contributed by atoms with E-state index in [1.807, 2.05) is 0 Å². The predicted molar refractivity (Wildman–Crippen MR) is 54.7 cm³/mol. The average molecular weight is 247 g/mol. The lowest BCUT2D eigenvalue weighted by Gasteiger charge is -2.24. The van der Waals surface area contributed by atoms with E-state index in [2.05, 4.69) is 0 Å². The Balaban J connectivity index is 2.18. The summed E-state index contributed by atoms with van der Waals surface area (Å²) < 4.78 is 21.7. The number of carbonyl (C=O) groups is 1. The normalized spacial score (nSPS) is 41.2. The smallest absolute Gasteiger partial charge is 0.249 e. The van der Waals surface area contributed by atoms with E-state index in [9.17, 15) is 9.90 Å². The van der Waals surface area contributed by atoms with Crippen molar-refractivity contribution in [3.63, 3.8) is 0 Å². The quantitative estimate of drug-likeness (QED) is 0.644. The van der Waals surface area contributed by atoms with Gasteiger partial charge in [-0.05, 0) is 13.8 Å². The molecule has 2 heterocycles. The zero-order valence-corrected chi connectivity index (χ0v) is 9.95. The highest BCUT2D eigenvalue weighted by Crippen LogP contribution is 2.39. The lowest BCUT2D eigenvalue weighted by atomic mass is 10.1. The molecule has 2 aliphatic heterocycles. The van der Waals surface area contributed by atoms with Crippen molar-refractivity contribution >= 4 is 5.91 Å². The second-order valence-electron chi connectivity index (χ2n) is 4.62. The first-order chi connectivity index (χ1) is 7.85. The van der Waals surface area contributed by atoms with Gasteiger partial charge in [0.1, 0.15) is 18.3 Å². The van der Waals surface area contributed by atoms with E-state index in [1.54, 1.807) is 13.8 Å². The number of hydrogen-bond donors (Lipinski definition) is 2. The number of fused-ring (bicyclic) bond motifs is 1. The van der Waals surface area contributed by atoms with E-state index in [0.717, 1.165) is 0 Å². The van der Waals surface area contributed by atoms with Crippen molar-refractivity contribution in [2.75, 3.05) is 7.11 Å². The van der Waals surface area contributed by atoms with E-state index in [4.69, 9.17) is 24.7 Å². The summed E-state index contributed by atoms with van der Waals surface area (Å²) in [6.45, 7) is 3.48. The maximum Gasteiger partial charge on any atom is 0.249 e. The molecule has 2 fully saturated rings. The van der Waals surface area contributed by atoms with E-state index < -0.39 is 42.4 Å². The first-order valence-corrected chi connectivity index (χ1v) is 5.37. The Bertz CT molecular complexity index is 320. The van der Waals surface area contributed by atoms with E-state index >= 15 is 0 Å². The van der Waals surface area contributed by atoms with Crippen molar-refractivity contribution in [2.24, 2.45) is 5.73 Å². The van der Waals surface area contributed by atoms with Crippen LogP contribution in [-0.2, 0) is 23.7 Å². The molecule has 0 saturated carbocycles. The standard InChI is InChI=1S/C10H17NO6/c1-10(2)16-6-5(4(12)8(11)13)15-9(14-3)7(6)17-10/h4-7,9,12H,1-3H3,(H2,11,13)/t4-,5+,6-,7-,9-/m0/s1. The van der Waals surface area contributed by atoms with Gasteiger partial charge in [-0.25, -0.2) is 0 Å². The average Bonchev–Trinajstić information content (AvgIpc) is 2.69. The van der Waals surface area contributed by atoms with E-state index in [1.165, 1.54) is 7.11 Å². The third kappa shape index (κ3) is 2.16. The van der Waals surface area contributed by atoms with Gasteiger partial charge in [0.25, 0.3) is 0 Å². The molecule has 0 aliphatic carbocycles. The first-order valence-electron chi connectivity index (χ1n) is 5.37. The zero-order chi connectivity index (χ0) is 12.8. The number of amides is 1. The molecule has 2 aliphatic rings. The second kappa shape index (κ2) is 4.18. The second-order valence-corrected chi connectivity index (χ2v) is 4.62. The molecule has 3 N–H and O–H groups in total. The molecule has 7 heteroatoms. The number of aliphatic hydroxyl groups excluding tert-OH is 1. The molecule has 98 valence electrons. The number of primary amides is 1. The molecule has 0 unspecified atom stereocenters.